The minimum absolute atomic E-state index is 0.334. The topological polar surface area (TPSA) is 44.8 Å². The smallest absolute Gasteiger partial charge is 0.330 e. The van der Waals surface area contributed by atoms with Gasteiger partial charge in [-0.2, -0.15) is 0 Å². The van der Waals surface area contributed by atoms with Crippen LogP contribution in [-0.2, 0) is 9.53 Å². The molecule has 24 heavy (non-hydrogen) atoms. The Morgan fingerprint density at radius 1 is 1.33 bits per heavy atom. The van der Waals surface area contributed by atoms with E-state index in [1.807, 2.05) is 57.2 Å². The first-order chi connectivity index (χ1) is 11.4. The number of carbonyl (C=O) groups is 1. The van der Waals surface area contributed by atoms with Crippen molar-refractivity contribution in [1.82, 2.24) is 0 Å². The molecular formula is C20H24O4. The second-order valence-corrected chi connectivity index (χ2v) is 6.11. The lowest BCUT2D eigenvalue weighted by atomic mass is 9.93. The summed E-state index contributed by atoms with van der Waals surface area (Å²) in [4.78, 5) is 11.5. The Hall–Kier alpha value is -2.49. The number of esters is 1. The fourth-order valence-electron chi connectivity index (χ4n) is 2.58. The van der Waals surface area contributed by atoms with Gasteiger partial charge in [-0.3, -0.25) is 0 Å². The average molecular weight is 328 g/mol. The lowest BCUT2D eigenvalue weighted by Gasteiger charge is -2.31. The molecule has 4 nitrogen and oxygen atoms in total. The summed E-state index contributed by atoms with van der Waals surface area (Å²) in [6.07, 6.45) is 7.39. The van der Waals surface area contributed by atoms with E-state index in [0.717, 1.165) is 28.2 Å². The Labute approximate surface area is 143 Å². The number of fused-ring (bicyclic) bond motifs is 1. The molecule has 0 saturated carbocycles. The fraction of sp³-hybridized carbons (Fsp3) is 0.350. The Morgan fingerprint density at radius 3 is 2.75 bits per heavy atom. The maximum absolute atomic E-state index is 11.5. The number of ether oxygens (including phenoxy) is 3. The van der Waals surface area contributed by atoms with Crippen LogP contribution in [0.5, 0.6) is 11.5 Å². The molecule has 2 rings (SSSR count). The van der Waals surface area contributed by atoms with Gasteiger partial charge in [-0.25, -0.2) is 4.79 Å². The number of rotatable bonds is 5. The zero-order valence-corrected chi connectivity index (χ0v) is 14.9. The molecule has 1 aliphatic heterocycles. The van der Waals surface area contributed by atoms with Crippen LogP contribution in [0.15, 0.2) is 48.1 Å². The highest BCUT2D eigenvalue weighted by Gasteiger charge is 2.27. The van der Waals surface area contributed by atoms with Gasteiger partial charge < -0.3 is 14.2 Å². The molecule has 0 unspecified atom stereocenters. The van der Waals surface area contributed by atoms with Crippen LogP contribution < -0.4 is 9.47 Å². The highest BCUT2D eigenvalue weighted by Crippen LogP contribution is 2.42. The Morgan fingerprint density at radius 2 is 2.08 bits per heavy atom. The van der Waals surface area contributed by atoms with E-state index in [4.69, 9.17) is 14.2 Å². The first-order valence-corrected chi connectivity index (χ1v) is 7.98. The molecule has 1 aliphatic rings. The third-order valence-electron chi connectivity index (χ3n) is 3.53. The summed E-state index contributed by atoms with van der Waals surface area (Å²) >= 11 is 0. The van der Waals surface area contributed by atoms with E-state index in [1.54, 1.807) is 14.0 Å². The number of carbonyl (C=O) groups excluding carboxylic acids is 1. The molecule has 128 valence electrons. The summed E-state index contributed by atoms with van der Waals surface area (Å²) in [6, 6.07) is 5.75. The first-order valence-electron chi connectivity index (χ1n) is 7.98. The monoisotopic (exact) mass is 328 g/mol. The minimum atomic E-state index is -0.419. The molecule has 0 aromatic heterocycles. The van der Waals surface area contributed by atoms with Crippen LogP contribution in [-0.4, -0.2) is 25.3 Å². The van der Waals surface area contributed by atoms with Crippen molar-refractivity contribution in [2.75, 3.05) is 13.7 Å². The lowest BCUT2D eigenvalue weighted by molar-refractivity contribution is -0.137. The molecule has 0 radical (unpaired) electrons. The largest absolute Gasteiger partial charge is 0.496 e. The van der Waals surface area contributed by atoms with E-state index in [2.05, 4.69) is 0 Å². The number of hydrogen-bond acceptors (Lipinski definition) is 4. The Bertz CT molecular complexity index is 708. The molecular weight excluding hydrogens is 304 g/mol. The van der Waals surface area contributed by atoms with Gasteiger partial charge in [-0.1, -0.05) is 18.2 Å². The van der Waals surface area contributed by atoms with Gasteiger partial charge >= 0.3 is 5.97 Å². The average Bonchev–Trinajstić information content (AvgIpc) is 2.50. The summed E-state index contributed by atoms with van der Waals surface area (Å²) in [5.74, 6) is 1.21. The number of benzene rings is 1. The van der Waals surface area contributed by atoms with E-state index in [-0.39, 0.29) is 5.97 Å². The van der Waals surface area contributed by atoms with Crippen LogP contribution in [0.4, 0.5) is 0 Å². The van der Waals surface area contributed by atoms with E-state index in [9.17, 15) is 4.79 Å². The molecule has 0 spiro atoms. The van der Waals surface area contributed by atoms with Crippen molar-refractivity contribution in [3.05, 3.63) is 53.6 Å². The van der Waals surface area contributed by atoms with Crippen LogP contribution in [0.2, 0.25) is 0 Å². The molecule has 1 aromatic carbocycles. The first kappa shape index (κ1) is 17.9. The van der Waals surface area contributed by atoms with Gasteiger partial charge in [0.15, 0.2) is 0 Å². The van der Waals surface area contributed by atoms with E-state index >= 15 is 0 Å². The summed E-state index contributed by atoms with van der Waals surface area (Å²) in [7, 11) is 1.64. The summed E-state index contributed by atoms with van der Waals surface area (Å²) in [5.41, 5.74) is 2.31. The van der Waals surface area contributed by atoms with E-state index in [1.165, 1.54) is 6.08 Å². The second-order valence-electron chi connectivity index (χ2n) is 6.11. The van der Waals surface area contributed by atoms with Crippen molar-refractivity contribution >= 4 is 11.5 Å². The number of methoxy groups -OCH3 is 1. The van der Waals surface area contributed by atoms with Crippen molar-refractivity contribution in [2.45, 2.75) is 33.3 Å². The van der Waals surface area contributed by atoms with Crippen LogP contribution in [0.25, 0.3) is 5.57 Å². The molecule has 1 aromatic rings. The standard InChI is InChI=1S/C20H24O4/c1-6-23-18(21)12-14(2)10-11-15-13-20(3,4)24-17-9-7-8-16(22-5)19(15)17/h7-13H,6H2,1-5H3. The van der Waals surface area contributed by atoms with Crippen LogP contribution in [0.1, 0.15) is 33.3 Å². The molecule has 0 fully saturated rings. The highest BCUT2D eigenvalue weighted by atomic mass is 16.5. The third kappa shape index (κ3) is 4.28. The minimum Gasteiger partial charge on any atom is -0.496 e. The number of allylic oxidation sites excluding steroid dienone is 4. The molecule has 1 heterocycles. The molecule has 0 saturated heterocycles. The normalized spacial score (nSPS) is 16.2. The zero-order valence-electron chi connectivity index (χ0n) is 14.9. The van der Waals surface area contributed by atoms with Gasteiger partial charge in [0.25, 0.3) is 0 Å². The SMILES string of the molecule is CCOC(=O)C=C(C)C=CC1=CC(C)(C)Oc2cccc(OC)c21. The van der Waals surface area contributed by atoms with Gasteiger partial charge in [-0.15, -0.1) is 0 Å². The van der Waals surface area contributed by atoms with Crippen molar-refractivity contribution in [3.8, 4) is 11.5 Å². The van der Waals surface area contributed by atoms with E-state index in [0.29, 0.717) is 6.61 Å². The van der Waals surface area contributed by atoms with Crippen molar-refractivity contribution in [3.63, 3.8) is 0 Å². The predicted molar refractivity (Wildman–Crippen MR) is 95.2 cm³/mol. The lowest BCUT2D eigenvalue weighted by Crippen LogP contribution is -2.28. The Balaban J connectivity index is 2.37. The maximum Gasteiger partial charge on any atom is 0.330 e. The molecule has 0 N–H and O–H groups in total. The van der Waals surface area contributed by atoms with Gasteiger partial charge in [-0.05, 0) is 57.0 Å². The molecule has 0 bridgehead atoms. The van der Waals surface area contributed by atoms with Crippen LogP contribution in [0, 0.1) is 0 Å². The van der Waals surface area contributed by atoms with Gasteiger partial charge in [0.05, 0.1) is 19.3 Å². The quantitative estimate of drug-likeness (QED) is 0.459. The second kappa shape index (κ2) is 7.39. The fourth-order valence-corrected chi connectivity index (χ4v) is 2.58. The maximum atomic E-state index is 11.5. The molecule has 4 heteroatoms. The van der Waals surface area contributed by atoms with Crippen LogP contribution >= 0.6 is 0 Å². The summed E-state index contributed by atoms with van der Waals surface area (Å²) < 4.78 is 16.4. The van der Waals surface area contributed by atoms with Crippen molar-refractivity contribution < 1.29 is 19.0 Å². The van der Waals surface area contributed by atoms with Crippen LogP contribution in [0.3, 0.4) is 0 Å². The Kier molecular flexibility index (Phi) is 5.50. The third-order valence-corrected chi connectivity index (χ3v) is 3.53. The van der Waals surface area contributed by atoms with Crippen molar-refractivity contribution in [2.24, 2.45) is 0 Å². The van der Waals surface area contributed by atoms with Crippen molar-refractivity contribution in [1.29, 1.82) is 0 Å². The van der Waals surface area contributed by atoms with Gasteiger partial charge in [0.1, 0.15) is 17.1 Å². The van der Waals surface area contributed by atoms with Gasteiger partial charge in [0, 0.05) is 6.08 Å². The summed E-state index contributed by atoms with van der Waals surface area (Å²) in [6.45, 7) is 8.03. The van der Waals surface area contributed by atoms with E-state index < -0.39 is 5.60 Å². The molecule has 0 atom stereocenters. The molecule has 0 aliphatic carbocycles. The zero-order chi connectivity index (χ0) is 17.7. The van der Waals surface area contributed by atoms with Gasteiger partial charge in [0.2, 0.25) is 0 Å². The molecule has 0 amide bonds. The highest BCUT2D eigenvalue weighted by molar-refractivity contribution is 5.85. The summed E-state index contributed by atoms with van der Waals surface area (Å²) in [5, 5.41) is 0. The number of hydrogen-bond donors (Lipinski definition) is 0. The predicted octanol–water partition coefficient (Wildman–Crippen LogP) is 4.32.